The van der Waals surface area contributed by atoms with Crippen molar-refractivity contribution in [3.63, 3.8) is 0 Å². The van der Waals surface area contributed by atoms with E-state index >= 15 is 0 Å². The number of carbonyl (C=O) groups excluding carboxylic acids is 2. The first-order valence-corrected chi connectivity index (χ1v) is 9.50. The van der Waals surface area contributed by atoms with Crippen molar-refractivity contribution < 1.29 is 14.3 Å². The number of hydrogen-bond acceptors (Lipinski definition) is 8. The Labute approximate surface area is 167 Å². The Kier molecular flexibility index (Phi) is 4.98. The van der Waals surface area contributed by atoms with Crippen LogP contribution in [0.25, 0.3) is 11.2 Å². The number of fused-ring (bicyclic) bond motifs is 1. The van der Waals surface area contributed by atoms with E-state index < -0.39 is 5.54 Å². The van der Waals surface area contributed by atoms with Gasteiger partial charge in [-0.1, -0.05) is 36.8 Å². The van der Waals surface area contributed by atoms with Crippen molar-refractivity contribution >= 4 is 28.7 Å². The van der Waals surface area contributed by atoms with E-state index in [0.717, 1.165) is 12.8 Å². The number of carbonyl (C=O) groups is 2. The first-order valence-electron chi connectivity index (χ1n) is 9.50. The van der Waals surface area contributed by atoms with Gasteiger partial charge >= 0.3 is 5.97 Å². The van der Waals surface area contributed by atoms with Crippen molar-refractivity contribution in [2.75, 3.05) is 12.5 Å². The molecule has 4 rings (SSSR count). The minimum absolute atomic E-state index is 0.183. The molecule has 9 nitrogen and oxygen atoms in total. The van der Waals surface area contributed by atoms with E-state index in [9.17, 15) is 9.59 Å². The van der Waals surface area contributed by atoms with E-state index in [2.05, 4.69) is 25.3 Å². The molecule has 0 saturated carbocycles. The first-order chi connectivity index (χ1) is 14.0. The highest BCUT2D eigenvalue weighted by Crippen LogP contribution is 2.21. The predicted octanol–water partition coefficient (Wildman–Crippen LogP) is 1.74. The molecular formula is C20H22N6O3. The molecule has 1 aliphatic rings. The number of imidazole rings is 1. The number of aryl methyl sites for hydroxylation is 1. The number of ether oxygens (including phenoxy) is 1. The summed E-state index contributed by atoms with van der Waals surface area (Å²) in [6.07, 6.45) is 2.86. The second-order valence-corrected chi connectivity index (χ2v) is 7.30. The number of aromatic nitrogens is 4. The Morgan fingerprint density at radius 1 is 1.21 bits per heavy atom. The number of nitrogens with two attached hydrogens (primary N) is 1. The summed E-state index contributed by atoms with van der Waals surface area (Å²) in [7, 11) is 0. The van der Waals surface area contributed by atoms with Crippen LogP contribution in [0.2, 0.25) is 0 Å². The zero-order chi connectivity index (χ0) is 20.4. The van der Waals surface area contributed by atoms with Crippen molar-refractivity contribution in [1.29, 1.82) is 0 Å². The molecule has 150 valence electrons. The molecule has 1 atom stereocenters. The number of anilines is 1. The predicted molar refractivity (Wildman–Crippen MR) is 106 cm³/mol. The molecule has 1 aliphatic heterocycles. The molecule has 0 aliphatic carbocycles. The standard InChI is InChI=1S/C20H22N6O3/c1-20(19(28)29-11-22-20)10-6-5-9-13-23-16(21)14-17(24-13)26-18(25-14)15(27)12-7-3-2-4-8-12/h2-4,7-8,22H,5-6,9-11H2,1H3,(H3,21,23,24,25,26). The summed E-state index contributed by atoms with van der Waals surface area (Å²) in [5.41, 5.74) is 6.79. The fraction of sp³-hybridized carbons (Fsp3) is 0.350. The number of esters is 1. The smallest absolute Gasteiger partial charge is 0.327 e. The van der Waals surface area contributed by atoms with Crippen molar-refractivity contribution in [3.8, 4) is 0 Å². The second-order valence-electron chi connectivity index (χ2n) is 7.30. The Hall–Kier alpha value is -3.33. The number of hydrogen-bond donors (Lipinski definition) is 3. The molecule has 0 amide bonds. The number of nitrogens with one attached hydrogen (secondary N) is 2. The lowest BCUT2D eigenvalue weighted by Crippen LogP contribution is -2.42. The van der Waals surface area contributed by atoms with Crippen LogP contribution < -0.4 is 11.1 Å². The van der Waals surface area contributed by atoms with Gasteiger partial charge < -0.3 is 15.5 Å². The molecule has 9 heteroatoms. The largest absolute Gasteiger partial charge is 0.448 e. The van der Waals surface area contributed by atoms with Crippen LogP contribution in [0.5, 0.6) is 0 Å². The van der Waals surface area contributed by atoms with Gasteiger partial charge in [0, 0.05) is 12.0 Å². The molecule has 2 aromatic heterocycles. The molecule has 0 spiro atoms. The van der Waals surface area contributed by atoms with Gasteiger partial charge in [-0.25, -0.2) is 15.0 Å². The maximum Gasteiger partial charge on any atom is 0.327 e. The Morgan fingerprint density at radius 3 is 2.72 bits per heavy atom. The molecule has 4 N–H and O–H groups in total. The molecular weight excluding hydrogens is 372 g/mol. The molecule has 0 bridgehead atoms. The van der Waals surface area contributed by atoms with Crippen molar-refractivity contribution in [2.24, 2.45) is 0 Å². The summed E-state index contributed by atoms with van der Waals surface area (Å²) in [5.74, 6) is 0.563. The third-order valence-corrected chi connectivity index (χ3v) is 5.12. The lowest BCUT2D eigenvalue weighted by molar-refractivity contribution is -0.142. The third kappa shape index (κ3) is 3.81. The van der Waals surface area contributed by atoms with Crippen LogP contribution in [0.4, 0.5) is 5.82 Å². The minimum atomic E-state index is -0.626. The average Bonchev–Trinajstić information content (AvgIpc) is 3.30. The van der Waals surface area contributed by atoms with Crippen LogP contribution in [0.15, 0.2) is 30.3 Å². The molecule has 1 saturated heterocycles. The Morgan fingerprint density at radius 2 is 2.00 bits per heavy atom. The molecule has 1 unspecified atom stereocenters. The molecule has 0 radical (unpaired) electrons. The van der Waals surface area contributed by atoms with Crippen LogP contribution in [-0.4, -0.2) is 44.0 Å². The van der Waals surface area contributed by atoms with Crippen LogP contribution in [0, 0.1) is 0 Å². The van der Waals surface area contributed by atoms with Crippen LogP contribution in [0.1, 0.15) is 48.2 Å². The van der Waals surface area contributed by atoms with Crippen LogP contribution in [-0.2, 0) is 16.0 Å². The maximum absolute atomic E-state index is 12.6. The van der Waals surface area contributed by atoms with E-state index in [1.165, 1.54) is 0 Å². The van der Waals surface area contributed by atoms with Gasteiger partial charge in [-0.2, -0.15) is 0 Å². The lowest BCUT2D eigenvalue weighted by atomic mass is 9.95. The molecule has 1 aromatic carbocycles. The summed E-state index contributed by atoms with van der Waals surface area (Å²) >= 11 is 0. The van der Waals surface area contributed by atoms with E-state index in [4.69, 9.17) is 10.5 Å². The highest BCUT2D eigenvalue weighted by atomic mass is 16.6. The monoisotopic (exact) mass is 394 g/mol. The zero-order valence-electron chi connectivity index (χ0n) is 16.1. The highest BCUT2D eigenvalue weighted by Gasteiger charge is 2.38. The van der Waals surface area contributed by atoms with E-state index in [1.807, 2.05) is 13.0 Å². The molecule has 29 heavy (non-hydrogen) atoms. The number of benzene rings is 1. The maximum atomic E-state index is 12.6. The first kappa shape index (κ1) is 19.0. The Balaban J connectivity index is 1.44. The number of unbranched alkanes of at least 4 members (excludes halogenated alkanes) is 1. The van der Waals surface area contributed by atoms with Gasteiger partial charge in [0.25, 0.3) is 0 Å². The quantitative estimate of drug-likeness (QED) is 0.313. The van der Waals surface area contributed by atoms with Gasteiger partial charge in [0.15, 0.2) is 17.3 Å². The second kappa shape index (κ2) is 7.59. The van der Waals surface area contributed by atoms with Gasteiger partial charge in [-0.15, -0.1) is 0 Å². The van der Waals surface area contributed by atoms with E-state index in [-0.39, 0.29) is 30.1 Å². The van der Waals surface area contributed by atoms with Gasteiger partial charge in [0.2, 0.25) is 5.78 Å². The molecule has 3 heterocycles. The topological polar surface area (TPSA) is 136 Å². The number of H-pyrrole nitrogens is 1. The number of cyclic esters (lactones) is 1. The summed E-state index contributed by atoms with van der Waals surface area (Å²) in [6.45, 7) is 2.10. The van der Waals surface area contributed by atoms with Gasteiger partial charge in [-0.05, 0) is 19.8 Å². The average molecular weight is 394 g/mol. The van der Waals surface area contributed by atoms with Gasteiger partial charge in [0.1, 0.15) is 23.6 Å². The summed E-state index contributed by atoms with van der Waals surface area (Å²) < 4.78 is 4.97. The normalized spacial score (nSPS) is 18.9. The minimum Gasteiger partial charge on any atom is -0.448 e. The number of ketones is 1. The Bertz CT molecular complexity index is 1060. The number of nitrogen functional groups attached to an aromatic ring is 1. The lowest BCUT2D eigenvalue weighted by Gasteiger charge is -2.18. The van der Waals surface area contributed by atoms with Crippen LogP contribution in [0.3, 0.4) is 0 Å². The van der Waals surface area contributed by atoms with Gasteiger partial charge in [-0.3, -0.25) is 14.9 Å². The van der Waals surface area contributed by atoms with Crippen molar-refractivity contribution in [1.82, 2.24) is 25.3 Å². The summed E-state index contributed by atoms with van der Waals surface area (Å²) in [5, 5.41) is 3.07. The van der Waals surface area contributed by atoms with Crippen molar-refractivity contribution in [2.45, 2.75) is 38.1 Å². The fourth-order valence-electron chi connectivity index (χ4n) is 3.36. The van der Waals surface area contributed by atoms with E-state index in [1.54, 1.807) is 24.3 Å². The fourth-order valence-corrected chi connectivity index (χ4v) is 3.36. The van der Waals surface area contributed by atoms with Crippen molar-refractivity contribution in [3.05, 3.63) is 47.5 Å². The SMILES string of the molecule is CC1(CCCCc2nc(N)c3[nH]c(C(=O)c4ccccc4)nc3n2)NCOC1=O. The number of aromatic amines is 1. The number of rotatable bonds is 7. The van der Waals surface area contributed by atoms with E-state index in [0.29, 0.717) is 35.4 Å². The number of nitrogens with zero attached hydrogens (tertiary/aromatic N) is 3. The summed E-state index contributed by atoms with van der Waals surface area (Å²) in [4.78, 5) is 40.3. The third-order valence-electron chi connectivity index (χ3n) is 5.12. The molecule has 1 fully saturated rings. The van der Waals surface area contributed by atoms with Gasteiger partial charge in [0.05, 0.1) is 0 Å². The zero-order valence-corrected chi connectivity index (χ0v) is 16.1. The summed E-state index contributed by atoms with van der Waals surface area (Å²) in [6, 6.07) is 8.89. The highest BCUT2D eigenvalue weighted by molar-refractivity contribution is 6.08. The van der Waals surface area contributed by atoms with Crippen LogP contribution >= 0.6 is 0 Å². The molecule has 3 aromatic rings.